The van der Waals surface area contributed by atoms with Crippen molar-refractivity contribution in [3.8, 4) is 11.1 Å². The largest absolute Gasteiger partial charge is 0.480 e. The molecule has 5 rings (SSSR count). The number of carboxylic acids is 1. The molecule has 4 aromatic carbocycles. The molecule has 0 saturated heterocycles. The van der Waals surface area contributed by atoms with E-state index in [2.05, 4.69) is 20.9 Å². The van der Waals surface area contributed by atoms with Gasteiger partial charge in [-0.2, -0.15) is 0 Å². The maximum Gasteiger partial charge on any atom is 0.414 e. The Balaban J connectivity index is 1.13. The van der Waals surface area contributed by atoms with E-state index in [1.807, 2.05) is 60.7 Å². The number of guanidine groups is 1. The molecule has 0 unspecified atom stereocenters. The third-order valence-corrected chi connectivity index (χ3v) is 7.72. The number of carboxylic acid groups (broad SMARTS) is 1. The summed E-state index contributed by atoms with van der Waals surface area (Å²) in [5.74, 6) is -1.66. The lowest BCUT2D eigenvalue weighted by molar-refractivity contribution is -0.139. The van der Waals surface area contributed by atoms with Gasteiger partial charge >= 0.3 is 24.2 Å². The number of aliphatic carboxylic acids is 1. The van der Waals surface area contributed by atoms with Gasteiger partial charge in [0.25, 0.3) is 0 Å². The lowest BCUT2D eigenvalue weighted by Gasteiger charge is -2.17. The highest BCUT2D eigenvalue weighted by Crippen LogP contribution is 2.44. The van der Waals surface area contributed by atoms with E-state index in [1.54, 1.807) is 48.5 Å². The minimum Gasteiger partial charge on any atom is -0.480 e. The van der Waals surface area contributed by atoms with Crippen LogP contribution in [0.15, 0.2) is 114 Å². The highest BCUT2D eigenvalue weighted by atomic mass is 16.6. The molecule has 1 aliphatic rings. The minimum absolute atomic E-state index is 0.00673. The number of ether oxygens (including phenoxy) is 3. The standard InChI is InChI=1S/C37H36N4O8/c42-33(43)32(39-35(44)49-24-31-29-18-9-7-16-27(29)28-17-8-10-19-30(28)31)20-11-21-38-34(40-36(45)47-22-25-12-3-1-4-13-25)41-37(46)48-23-26-14-5-2-6-15-26/h1-10,12-19,31-32H,11,20-24H2,(H,39,44)(H,42,43)(H2,38,40,41,45,46)/t32-/m1/s1. The molecule has 252 valence electrons. The Bertz CT molecular complexity index is 1680. The van der Waals surface area contributed by atoms with E-state index >= 15 is 0 Å². The van der Waals surface area contributed by atoms with Crippen LogP contribution in [0.25, 0.3) is 11.1 Å². The van der Waals surface area contributed by atoms with Gasteiger partial charge in [0, 0.05) is 12.5 Å². The first-order chi connectivity index (χ1) is 23.9. The second kappa shape index (κ2) is 17.1. The summed E-state index contributed by atoms with van der Waals surface area (Å²) in [6, 6.07) is 32.6. The molecule has 4 aromatic rings. The molecule has 0 aliphatic heterocycles. The van der Waals surface area contributed by atoms with Crippen molar-refractivity contribution < 1.29 is 38.5 Å². The Morgan fingerprint density at radius 3 is 1.65 bits per heavy atom. The molecule has 3 amide bonds. The van der Waals surface area contributed by atoms with Crippen molar-refractivity contribution in [3.63, 3.8) is 0 Å². The zero-order chi connectivity index (χ0) is 34.4. The van der Waals surface area contributed by atoms with Gasteiger partial charge in [0.2, 0.25) is 5.96 Å². The smallest absolute Gasteiger partial charge is 0.414 e. The molecule has 12 nitrogen and oxygen atoms in total. The highest BCUT2D eigenvalue weighted by Gasteiger charge is 2.29. The maximum absolute atomic E-state index is 12.7. The third kappa shape index (κ3) is 9.91. The SMILES string of the molecule is O=C(NC(=NCCC[C@@H](NC(=O)OCC1c2ccccc2-c2ccccc21)C(=O)O)NC(=O)OCc1ccccc1)OCc1ccccc1. The van der Waals surface area contributed by atoms with Gasteiger partial charge in [-0.3, -0.25) is 15.6 Å². The molecule has 12 heteroatoms. The van der Waals surface area contributed by atoms with Crippen molar-refractivity contribution in [3.05, 3.63) is 131 Å². The lowest BCUT2D eigenvalue weighted by Crippen LogP contribution is -2.44. The summed E-state index contributed by atoms with van der Waals surface area (Å²) < 4.78 is 16.0. The number of alkyl carbamates (subject to hydrolysis) is 3. The van der Waals surface area contributed by atoms with Crippen LogP contribution in [0.4, 0.5) is 14.4 Å². The molecule has 1 atom stereocenters. The van der Waals surface area contributed by atoms with Crippen LogP contribution < -0.4 is 16.0 Å². The van der Waals surface area contributed by atoms with Crippen LogP contribution in [0.2, 0.25) is 0 Å². The molecule has 4 N–H and O–H groups in total. The first-order valence-corrected chi connectivity index (χ1v) is 15.7. The van der Waals surface area contributed by atoms with Gasteiger partial charge in [0.15, 0.2) is 0 Å². The zero-order valence-electron chi connectivity index (χ0n) is 26.5. The summed E-state index contributed by atoms with van der Waals surface area (Å²) in [5.41, 5.74) is 5.75. The van der Waals surface area contributed by atoms with Gasteiger partial charge in [0.05, 0.1) is 0 Å². The average molecular weight is 665 g/mol. The molecule has 0 bridgehead atoms. The van der Waals surface area contributed by atoms with Gasteiger partial charge in [-0.05, 0) is 46.2 Å². The fourth-order valence-corrected chi connectivity index (χ4v) is 5.35. The van der Waals surface area contributed by atoms with Gasteiger partial charge in [-0.1, -0.05) is 109 Å². The number of carbonyl (C=O) groups excluding carboxylic acids is 3. The van der Waals surface area contributed by atoms with Crippen LogP contribution in [0.5, 0.6) is 0 Å². The van der Waals surface area contributed by atoms with Crippen molar-refractivity contribution in [1.29, 1.82) is 0 Å². The van der Waals surface area contributed by atoms with E-state index in [0.717, 1.165) is 33.4 Å². The van der Waals surface area contributed by atoms with E-state index in [4.69, 9.17) is 14.2 Å². The predicted molar refractivity (Wildman–Crippen MR) is 181 cm³/mol. The lowest BCUT2D eigenvalue weighted by atomic mass is 9.98. The number of nitrogens with zero attached hydrogens (tertiary/aromatic N) is 1. The number of amides is 3. The number of nitrogens with one attached hydrogen (secondary N) is 3. The molecule has 1 aliphatic carbocycles. The van der Waals surface area contributed by atoms with E-state index < -0.39 is 30.3 Å². The summed E-state index contributed by atoms with van der Waals surface area (Å²) in [6.45, 7) is 0.00181. The van der Waals surface area contributed by atoms with Crippen molar-refractivity contribution in [2.75, 3.05) is 13.2 Å². The molecule has 0 fully saturated rings. The summed E-state index contributed by atoms with van der Waals surface area (Å²) in [4.78, 5) is 53.9. The third-order valence-electron chi connectivity index (χ3n) is 7.72. The maximum atomic E-state index is 12.7. The van der Waals surface area contributed by atoms with Crippen LogP contribution in [0, 0.1) is 0 Å². The van der Waals surface area contributed by atoms with Crippen LogP contribution in [0.1, 0.15) is 41.0 Å². The number of hydrogen-bond acceptors (Lipinski definition) is 8. The van der Waals surface area contributed by atoms with Gasteiger partial charge < -0.3 is 24.6 Å². The molecule has 49 heavy (non-hydrogen) atoms. The molecule has 0 aromatic heterocycles. The first-order valence-electron chi connectivity index (χ1n) is 15.7. The Morgan fingerprint density at radius 2 is 1.14 bits per heavy atom. The monoisotopic (exact) mass is 664 g/mol. The number of carbonyl (C=O) groups is 4. The van der Waals surface area contributed by atoms with Crippen LogP contribution >= 0.6 is 0 Å². The fourth-order valence-electron chi connectivity index (χ4n) is 5.35. The second-order valence-corrected chi connectivity index (χ2v) is 11.1. The Labute approximate surface area is 283 Å². The zero-order valence-corrected chi connectivity index (χ0v) is 26.5. The first kappa shape index (κ1) is 34.2. The van der Waals surface area contributed by atoms with Crippen LogP contribution in [0.3, 0.4) is 0 Å². The number of rotatable bonds is 12. The van der Waals surface area contributed by atoms with Gasteiger partial charge in [-0.25, -0.2) is 19.2 Å². The van der Waals surface area contributed by atoms with E-state index in [1.165, 1.54) is 0 Å². The molecule has 0 heterocycles. The van der Waals surface area contributed by atoms with E-state index in [9.17, 15) is 24.3 Å². The quantitative estimate of drug-likeness (QED) is 0.0623. The van der Waals surface area contributed by atoms with Crippen molar-refractivity contribution in [2.24, 2.45) is 4.99 Å². The normalized spacial score (nSPS) is 12.0. The van der Waals surface area contributed by atoms with Crippen molar-refractivity contribution >= 4 is 30.2 Å². The minimum atomic E-state index is -1.26. The van der Waals surface area contributed by atoms with Gasteiger partial charge in [0.1, 0.15) is 25.9 Å². The highest BCUT2D eigenvalue weighted by molar-refractivity contribution is 6.01. The summed E-state index contributed by atoms with van der Waals surface area (Å²) in [5, 5.41) is 17.0. The Hall–Kier alpha value is -6.17. The predicted octanol–water partition coefficient (Wildman–Crippen LogP) is 5.97. The molecule has 0 radical (unpaired) electrons. The number of aliphatic imine (C=N–C) groups is 1. The Kier molecular flexibility index (Phi) is 11.9. The topological polar surface area (TPSA) is 165 Å². The van der Waals surface area contributed by atoms with E-state index in [0.29, 0.717) is 0 Å². The molecule has 0 spiro atoms. The van der Waals surface area contributed by atoms with Gasteiger partial charge in [-0.15, -0.1) is 0 Å². The second-order valence-electron chi connectivity index (χ2n) is 11.1. The molecular formula is C37H36N4O8. The van der Waals surface area contributed by atoms with E-state index in [-0.39, 0.29) is 51.1 Å². The number of benzene rings is 4. The van der Waals surface area contributed by atoms with Crippen molar-refractivity contribution in [2.45, 2.75) is 38.0 Å². The number of hydrogen-bond donors (Lipinski definition) is 4. The summed E-state index contributed by atoms with van der Waals surface area (Å²) in [6.07, 6.45) is -2.43. The Morgan fingerprint density at radius 1 is 0.653 bits per heavy atom. The number of fused-ring (bicyclic) bond motifs is 3. The van der Waals surface area contributed by atoms with Crippen LogP contribution in [-0.4, -0.2) is 54.5 Å². The molecule has 0 saturated carbocycles. The summed E-state index contributed by atoms with van der Waals surface area (Å²) in [7, 11) is 0. The average Bonchev–Trinajstić information content (AvgIpc) is 3.44. The summed E-state index contributed by atoms with van der Waals surface area (Å²) >= 11 is 0. The fraction of sp³-hybridized carbons (Fsp3) is 0.216. The molecular weight excluding hydrogens is 628 g/mol. The van der Waals surface area contributed by atoms with Crippen molar-refractivity contribution in [1.82, 2.24) is 16.0 Å². The van der Waals surface area contributed by atoms with Crippen LogP contribution in [-0.2, 0) is 32.2 Å².